The Hall–Kier alpha value is -2.02. The zero-order valence-corrected chi connectivity index (χ0v) is 9.72. The standard InChI is InChI=1S/C13H15NO3/c1-2-17-12-5-3-10(4-6-12)7-11(9-14)8-13(15)16/h3-6,11H,2,7-8H2,1H3,(H,15,16). The van der Waals surface area contributed by atoms with Crippen molar-refractivity contribution in [3.8, 4) is 11.8 Å². The summed E-state index contributed by atoms with van der Waals surface area (Å²) in [5.74, 6) is -0.643. The molecule has 1 aromatic carbocycles. The van der Waals surface area contributed by atoms with Gasteiger partial charge in [-0.05, 0) is 31.0 Å². The van der Waals surface area contributed by atoms with Crippen molar-refractivity contribution in [3.63, 3.8) is 0 Å². The van der Waals surface area contributed by atoms with E-state index in [0.717, 1.165) is 11.3 Å². The second kappa shape index (κ2) is 6.54. The minimum Gasteiger partial charge on any atom is -0.494 e. The highest BCUT2D eigenvalue weighted by molar-refractivity contribution is 5.67. The van der Waals surface area contributed by atoms with Gasteiger partial charge in [-0.1, -0.05) is 12.1 Å². The zero-order valence-electron chi connectivity index (χ0n) is 9.72. The van der Waals surface area contributed by atoms with Gasteiger partial charge in [0.15, 0.2) is 0 Å². The SMILES string of the molecule is CCOc1ccc(CC(C#N)CC(=O)O)cc1. The van der Waals surface area contributed by atoms with Crippen LogP contribution in [0.25, 0.3) is 0 Å². The third kappa shape index (κ3) is 4.56. The van der Waals surface area contributed by atoms with Crippen LogP contribution in [0.3, 0.4) is 0 Å². The summed E-state index contributed by atoms with van der Waals surface area (Å²) in [5, 5.41) is 17.5. The first-order valence-electron chi connectivity index (χ1n) is 5.48. The Bertz CT molecular complexity index is 406. The fourth-order valence-electron chi connectivity index (χ4n) is 1.55. The molecular formula is C13H15NO3. The summed E-state index contributed by atoms with van der Waals surface area (Å²) in [5.41, 5.74) is 0.946. The van der Waals surface area contributed by atoms with Crippen molar-refractivity contribution in [1.29, 1.82) is 5.26 Å². The van der Waals surface area contributed by atoms with Crippen molar-refractivity contribution in [1.82, 2.24) is 0 Å². The Morgan fingerprint density at radius 2 is 2.12 bits per heavy atom. The average Bonchev–Trinajstić information content (AvgIpc) is 2.30. The van der Waals surface area contributed by atoms with Crippen LogP contribution in [0, 0.1) is 17.2 Å². The molecule has 0 saturated heterocycles. The zero-order chi connectivity index (χ0) is 12.7. The summed E-state index contributed by atoms with van der Waals surface area (Å²) < 4.78 is 5.30. The molecule has 0 bridgehead atoms. The van der Waals surface area contributed by atoms with Crippen molar-refractivity contribution < 1.29 is 14.6 Å². The van der Waals surface area contributed by atoms with Crippen LogP contribution in [0.5, 0.6) is 5.75 Å². The monoisotopic (exact) mass is 233 g/mol. The molecule has 0 aliphatic heterocycles. The second-order valence-corrected chi connectivity index (χ2v) is 3.70. The summed E-state index contributed by atoms with van der Waals surface area (Å²) in [6.07, 6.45) is 0.332. The van der Waals surface area contributed by atoms with E-state index in [1.54, 1.807) is 0 Å². The van der Waals surface area contributed by atoms with Gasteiger partial charge in [0, 0.05) is 0 Å². The van der Waals surface area contributed by atoms with E-state index in [0.29, 0.717) is 13.0 Å². The van der Waals surface area contributed by atoms with E-state index in [9.17, 15) is 4.79 Å². The summed E-state index contributed by atoms with van der Waals surface area (Å²) in [7, 11) is 0. The average molecular weight is 233 g/mol. The van der Waals surface area contributed by atoms with Gasteiger partial charge in [-0.25, -0.2) is 0 Å². The molecule has 0 amide bonds. The molecule has 0 heterocycles. The molecule has 90 valence electrons. The molecule has 1 N–H and O–H groups in total. The van der Waals surface area contributed by atoms with Crippen molar-refractivity contribution in [2.45, 2.75) is 19.8 Å². The lowest BCUT2D eigenvalue weighted by atomic mass is 9.98. The summed E-state index contributed by atoms with van der Waals surface area (Å²) >= 11 is 0. The molecule has 0 aliphatic rings. The van der Waals surface area contributed by atoms with Crippen LogP contribution in [0.2, 0.25) is 0 Å². The van der Waals surface area contributed by atoms with Crippen LogP contribution in [-0.4, -0.2) is 17.7 Å². The number of benzene rings is 1. The number of nitrogens with zero attached hydrogens (tertiary/aromatic N) is 1. The van der Waals surface area contributed by atoms with Crippen LogP contribution in [0.1, 0.15) is 18.9 Å². The number of carboxylic acid groups (broad SMARTS) is 1. The van der Waals surface area contributed by atoms with Gasteiger partial charge in [0.25, 0.3) is 0 Å². The van der Waals surface area contributed by atoms with Crippen molar-refractivity contribution in [2.75, 3.05) is 6.61 Å². The number of hydrogen-bond donors (Lipinski definition) is 1. The molecule has 0 spiro atoms. The van der Waals surface area contributed by atoms with Gasteiger partial charge in [0.1, 0.15) is 5.75 Å². The number of nitriles is 1. The van der Waals surface area contributed by atoms with Gasteiger partial charge < -0.3 is 9.84 Å². The second-order valence-electron chi connectivity index (χ2n) is 3.70. The van der Waals surface area contributed by atoms with Gasteiger partial charge in [0.2, 0.25) is 0 Å². The largest absolute Gasteiger partial charge is 0.494 e. The fourth-order valence-corrected chi connectivity index (χ4v) is 1.55. The Kier molecular flexibility index (Phi) is 5.02. The first kappa shape index (κ1) is 13.0. The van der Waals surface area contributed by atoms with Crippen LogP contribution in [-0.2, 0) is 11.2 Å². The molecule has 0 radical (unpaired) electrons. The van der Waals surface area contributed by atoms with Crippen molar-refractivity contribution >= 4 is 5.97 Å². The lowest BCUT2D eigenvalue weighted by Crippen LogP contribution is -2.08. The van der Waals surface area contributed by atoms with Gasteiger partial charge in [-0.15, -0.1) is 0 Å². The molecule has 1 rings (SSSR count). The van der Waals surface area contributed by atoms with Gasteiger partial charge >= 0.3 is 5.97 Å². The number of rotatable bonds is 6. The highest BCUT2D eigenvalue weighted by Crippen LogP contribution is 2.16. The van der Waals surface area contributed by atoms with Crippen molar-refractivity contribution in [2.24, 2.45) is 5.92 Å². The number of carboxylic acids is 1. The number of ether oxygens (including phenoxy) is 1. The molecule has 17 heavy (non-hydrogen) atoms. The maximum absolute atomic E-state index is 10.5. The minimum absolute atomic E-state index is 0.121. The highest BCUT2D eigenvalue weighted by Gasteiger charge is 2.12. The number of aliphatic carboxylic acids is 1. The number of carbonyl (C=O) groups is 1. The van der Waals surface area contributed by atoms with Crippen molar-refractivity contribution in [3.05, 3.63) is 29.8 Å². The number of hydrogen-bond acceptors (Lipinski definition) is 3. The van der Waals surface area contributed by atoms with E-state index in [2.05, 4.69) is 0 Å². The summed E-state index contributed by atoms with van der Waals surface area (Å²) in [6.45, 7) is 2.52. The molecule has 4 heteroatoms. The minimum atomic E-state index is -0.942. The first-order valence-corrected chi connectivity index (χ1v) is 5.48. The van der Waals surface area contributed by atoms with Crippen LogP contribution >= 0.6 is 0 Å². The van der Waals surface area contributed by atoms with E-state index >= 15 is 0 Å². The van der Waals surface area contributed by atoms with Gasteiger partial charge in [-0.3, -0.25) is 4.79 Å². The summed E-state index contributed by atoms with van der Waals surface area (Å²) in [6, 6.07) is 9.38. The predicted octanol–water partition coefficient (Wildman–Crippen LogP) is 2.24. The molecular weight excluding hydrogens is 218 g/mol. The maximum atomic E-state index is 10.5. The van der Waals surface area contributed by atoms with Gasteiger partial charge in [-0.2, -0.15) is 5.26 Å². The Morgan fingerprint density at radius 3 is 2.59 bits per heavy atom. The molecule has 1 aromatic rings. The molecule has 1 atom stereocenters. The molecule has 1 unspecified atom stereocenters. The lowest BCUT2D eigenvalue weighted by molar-refractivity contribution is -0.137. The first-order chi connectivity index (χ1) is 8.15. The molecule has 0 fully saturated rings. The van der Waals surface area contributed by atoms with Crippen LogP contribution in [0.4, 0.5) is 0 Å². The molecule has 4 nitrogen and oxygen atoms in total. The fraction of sp³-hybridized carbons (Fsp3) is 0.385. The smallest absolute Gasteiger partial charge is 0.304 e. The van der Waals surface area contributed by atoms with E-state index in [4.69, 9.17) is 15.1 Å². The normalized spacial score (nSPS) is 11.5. The molecule has 0 saturated carbocycles. The van der Waals surface area contributed by atoms with Gasteiger partial charge in [0.05, 0.1) is 25.0 Å². The Labute approximate surface area is 100 Å². The summed E-state index contributed by atoms with van der Waals surface area (Å²) in [4.78, 5) is 10.5. The van der Waals surface area contributed by atoms with E-state index in [-0.39, 0.29) is 6.42 Å². The Balaban J connectivity index is 2.61. The van der Waals surface area contributed by atoms with E-state index in [1.165, 1.54) is 0 Å². The van der Waals surface area contributed by atoms with E-state index in [1.807, 2.05) is 37.3 Å². The maximum Gasteiger partial charge on any atom is 0.304 e. The lowest BCUT2D eigenvalue weighted by Gasteiger charge is -2.07. The topological polar surface area (TPSA) is 70.3 Å². The third-order valence-electron chi connectivity index (χ3n) is 2.32. The predicted molar refractivity (Wildman–Crippen MR) is 62.7 cm³/mol. The Morgan fingerprint density at radius 1 is 1.47 bits per heavy atom. The van der Waals surface area contributed by atoms with Crippen LogP contribution in [0.15, 0.2) is 24.3 Å². The van der Waals surface area contributed by atoms with Crippen LogP contribution < -0.4 is 4.74 Å². The third-order valence-corrected chi connectivity index (χ3v) is 2.32. The van der Waals surface area contributed by atoms with E-state index < -0.39 is 11.9 Å². The molecule has 0 aliphatic carbocycles. The quantitative estimate of drug-likeness (QED) is 0.818. The highest BCUT2D eigenvalue weighted by atomic mass is 16.5. The molecule has 0 aromatic heterocycles.